The highest BCUT2D eigenvalue weighted by atomic mass is 16.5. The molecule has 1 fully saturated rings. The van der Waals surface area contributed by atoms with Crippen LogP contribution in [0.25, 0.3) is 0 Å². The zero-order valence-corrected chi connectivity index (χ0v) is 9.88. The van der Waals surface area contributed by atoms with Gasteiger partial charge in [0.25, 0.3) is 0 Å². The molecule has 1 unspecified atom stereocenters. The van der Waals surface area contributed by atoms with E-state index < -0.39 is 5.97 Å². The van der Waals surface area contributed by atoms with Crippen molar-refractivity contribution in [3.05, 3.63) is 11.9 Å². The monoisotopic (exact) mass is 237 g/mol. The second-order valence-electron chi connectivity index (χ2n) is 4.10. The van der Waals surface area contributed by atoms with E-state index in [0.29, 0.717) is 25.4 Å². The van der Waals surface area contributed by atoms with E-state index in [1.54, 1.807) is 7.11 Å². The average molecular weight is 237 g/mol. The van der Waals surface area contributed by atoms with Crippen molar-refractivity contribution in [2.24, 2.45) is 5.92 Å². The van der Waals surface area contributed by atoms with Gasteiger partial charge in [-0.15, -0.1) is 0 Å². The molecule has 2 rings (SSSR count). The first kappa shape index (κ1) is 11.6. The number of nitrogens with zero attached hydrogens (tertiary/aromatic N) is 3. The summed E-state index contributed by atoms with van der Waals surface area (Å²) >= 11 is 0. The molecule has 0 saturated carbocycles. The lowest BCUT2D eigenvalue weighted by atomic mass is 10.1. The molecule has 0 aliphatic carbocycles. The van der Waals surface area contributed by atoms with E-state index in [1.807, 2.05) is 11.8 Å². The van der Waals surface area contributed by atoms with Gasteiger partial charge in [-0.05, 0) is 13.3 Å². The second-order valence-corrected chi connectivity index (χ2v) is 4.10. The van der Waals surface area contributed by atoms with Crippen molar-refractivity contribution in [1.29, 1.82) is 0 Å². The molecule has 92 valence electrons. The van der Waals surface area contributed by atoms with E-state index in [1.165, 1.54) is 6.33 Å². The smallest absolute Gasteiger partial charge is 0.308 e. The number of rotatable bonds is 3. The van der Waals surface area contributed by atoms with Crippen molar-refractivity contribution in [3.8, 4) is 5.88 Å². The van der Waals surface area contributed by atoms with Crippen molar-refractivity contribution in [1.82, 2.24) is 9.97 Å². The van der Waals surface area contributed by atoms with Crippen LogP contribution in [-0.4, -0.2) is 41.2 Å². The largest absolute Gasteiger partial charge is 0.481 e. The van der Waals surface area contributed by atoms with Crippen molar-refractivity contribution in [2.45, 2.75) is 13.3 Å². The molecule has 1 aliphatic rings. The summed E-state index contributed by atoms with van der Waals surface area (Å²) in [5, 5.41) is 8.96. The number of anilines is 1. The van der Waals surface area contributed by atoms with E-state index in [0.717, 1.165) is 11.4 Å². The Morgan fingerprint density at radius 2 is 2.35 bits per heavy atom. The van der Waals surface area contributed by atoms with Crippen LogP contribution in [0.15, 0.2) is 6.33 Å². The first-order valence-electron chi connectivity index (χ1n) is 5.46. The van der Waals surface area contributed by atoms with Gasteiger partial charge in [0.05, 0.1) is 18.6 Å². The lowest BCUT2D eigenvalue weighted by Crippen LogP contribution is -2.24. The summed E-state index contributed by atoms with van der Waals surface area (Å²) < 4.78 is 5.13. The van der Waals surface area contributed by atoms with Gasteiger partial charge >= 0.3 is 5.97 Å². The Hall–Kier alpha value is -1.85. The Balaban J connectivity index is 2.22. The number of hydrogen-bond donors (Lipinski definition) is 1. The third-order valence-electron chi connectivity index (χ3n) is 3.04. The third kappa shape index (κ3) is 2.15. The number of carbonyl (C=O) groups is 1. The molecule has 0 radical (unpaired) electrons. The van der Waals surface area contributed by atoms with E-state index in [-0.39, 0.29) is 5.92 Å². The number of hydrogen-bond acceptors (Lipinski definition) is 5. The maximum Gasteiger partial charge on any atom is 0.308 e. The first-order chi connectivity index (χ1) is 8.13. The maximum atomic E-state index is 10.9. The Labute approximate surface area is 99.2 Å². The second kappa shape index (κ2) is 4.57. The van der Waals surface area contributed by atoms with Crippen molar-refractivity contribution in [3.63, 3.8) is 0 Å². The van der Waals surface area contributed by atoms with Gasteiger partial charge in [-0.25, -0.2) is 9.97 Å². The van der Waals surface area contributed by atoms with Gasteiger partial charge in [0.1, 0.15) is 12.1 Å². The van der Waals surface area contributed by atoms with E-state index in [9.17, 15) is 4.79 Å². The van der Waals surface area contributed by atoms with Gasteiger partial charge < -0.3 is 14.7 Å². The van der Waals surface area contributed by atoms with E-state index in [2.05, 4.69) is 9.97 Å². The molecule has 1 aromatic rings. The fourth-order valence-corrected chi connectivity index (χ4v) is 2.10. The van der Waals surface area contributed by atoms with Gasteiger partial charge in [-0.2, -0.15) is 0 Å². The standard InChI is InChI=1S/C11H15N3O3/c1-7-9(12-6-13-10(7)17-2)14-4-3-8(5-14)11(15)16/h6,8H,3-5H2,1-2H3,(H,15,16). The normalized spacial score (nSPS) is 19.4. The molecule has 6 heteroatoms. The average Bonchev–Trinajstić information content (AvgIpc) is 2.78. The quantitative estimate of drug-likeness (QED) is 0.834. The highest BCUT2D eigenvalue weighted by Gasteiger charge is 2.30. The van der Waals surface area contributed by atoms with E-state index >= 15 is 0 Å². The zero-order chi connectivity index (χ0) is 12.4. The fourth-order valence-electron chi connectivity index (χ4n) is 2.10. The highest BCUT2D eigenvalue weighted by Crippen LogP contribution is 2.28. The number of carboxylic acid groups (broad SMARTS) is 1. The zero-order valence-electron chi connectivity index (χ0n) is 9.88. The summed E-state index contributed by atoms with van der Waals surface area (Å²) in [6.07, 6.45) is 2.09. The van der Waals surface area contributed by atoms with Crippen molar-refractivity contribution >= 4 is 11.8 Å². The molecule has 0 aromatic carbocycles. The molecule has 0 spiro atoms. The number of methoxy groups -OCH3 is 1. The van der Waals surface area contributed by atoms with Crippen LogP contribution in [0.5, 0.6) is 5.88 Å². The Morgan fingerprint density at radius 3 is 2.94 bits per heavy atom. The Morgan fingerprint density at radius 1 is 1.59 bits per heavy atom. The van der Waals surface area contributed by atoms with Gasteiger partial charge in [-0.1, -0.05) is 0 Å². The van der Waals surface area contributed by atoms with Crippen LogP contribution in [0.1, 0.15) is 12.0 Å². The summed E-state index contributed by atoms with van der Waals surface area (Å²) in [5.74, 6) is 0.246. The predicted octanol–water partition coefficient (Wildman–Crippen LogP) is 0.705. The molecule has 6 nitrogen and oxygen atoms in total. The van der Waals surface area contributed by atoms with Gasteiger partial charge in [0.2, 0.25) is 5.88 Å². The maximum absolute atomic E-state index is 10.9. The van der Waals surface area contributed by atoms with E-state index in [4.69, 9.17) is 9.84 Å². The van der Waals surface area contributed by atoms with Crippen LogP contribution in [0.3, 0.4) is 0 Å². The molecular weight excluding hydrogens is 222 g/mol. The number of aliphatic carboxylic acids is 1. The van der Waals surface area contributed by atoms with Gasteiger partial charge in [0.15, 0.2) is 0 Å². The van der Waals surface area contributed by atoms with Crippen LogP contribution < -0.4 is 9.64 Å². The van der Waals surface area contributed by atoms with Crippen LogP contribution in [0.4, 0.5) is 5.82 Å². The molecule has 2 heterocycles. The van der Waals surface area contributed by atoms with Crippen LogP contribution in [0, 0.1) is 12.8 Å². The molecule has 1 aliphatic heterocycles. The molecule has 17 heavy (non-hydrogen) atoms. The lowest BCUT2D eigenvalue weighted by molar-refractivity contribution is -0.140. The molecule has 1 saturated heterocycles. The summed E-state index contributed by atoms with van der Waals surface area (Å²) in [6, 6.07) is 0. The molecule has 1 N–H and O–H groups in total. The van der Waals surface area contributed by atoms with Crippen molar-refractivity contribution < 1.29 is 14.6 Å². The minimum absolute atomic E-state index is 0.310. The molecule has 0 amide bonds. The third-order valence-corrected chi connectivity index (χ3v) is 3.04. The SMILES string of the molecule is COc1ncnc(N2CCC(C(=O)O)C2)c1C. The van der Waals surface area contributed by atoms with Crippen LogP contribution >= 0.6 is 0 Å². The topological polar surface area (TPSA) is 75.6 Å². The summed E-state index contributed by atoms with van der Waals surface area (Å²) in [6.45, 7) is 3.08. The first-order valence-corrected chi connectivity index (χ1v) is 5.46. The lowest BCUT2D eigenvalue weighted by Gasteiger charge is -2.19. The molecule has 1 aromatic heterocycles. The summed E-state index contributed by atoms with van der Waals surface area (Å²) in [5.41, 5.74) is 0.848. The van der Waals surface area contributed by atoms with Gasteiger partial charge in [-0.3, -0.25) is 4.79 Å². The molecular formula is C11H15N3O3. The fraction of sp³-hybridized carbons (Fsp3) is 0.545. The van der Waals surface area contributed by atoms with Gasteiger partial charge in [0, 0.05) is 13.1 Å². The van der Waals surface area contributed by atoms with Crippen LogP contribution in [0.2, 0.25) is 0 Å². The number of carboxylic acids is 1. The molecule has 1 atom stereocenters. The highest BCUT2D eigenvalue weighted by molar-refractivity contribution is 5.72. The predicted molar refractivity (Wildman–Crippen MR) is 61.3 cm³/mol. The van der Waals surface area contributed by atoms with Crippen LogP contribution in [-0.2, 0) is 4.79 Å². The Kier molecular flexibility index (Phi) is 3.12. The molecule has 0 bridgehead atoms. The number of ether oxygens (including phenoxy) is 1. The minimum atomic E-state index is -0.744. The summed E-state index contributed by atoms with van der Waals surface area (Å²) in [7, 11) is 1.56. The van der Waals surface area contributed by atoms with Crippen molar-refractivity contribution in [2.75, 3.05) is 25.1 Å². The summed E-state index contributed by atoms with van der Waals surface area (Å²) in [4.78, 5) is 21.1. The minimum Gasteiger partial charge on any atom is -0.481 e. The number of aromatic nitrogens is 2. The Bertz CT molecular complexity index is 436.